The quantitative estimate of drug-likeness (QED) is 0.917. The molecule has 4 saturated carbocycles. The number of pyridine rings is 1. The number of carbonyl (C=O) groups excluding carboxylic acids is 1. The van der Waals surface area contributed by atoms with Gasteiger partial charge in [0.05, 0.1) is 11.7 Å². The lowest BCUT2D eigenvalue weighted by Gasteiger charge is -2.56. The van der Waals surface area contributed by atoms with Gasteiger partial charge in [0.1, 0.15) is 0 Å². The Morgan fingerprint density at radius 3 is 2.41 bits per heavy atom. The third-order valence-electron chi connectivity index (χ3n) is 6.21. The summed E-state index contributed by atoms with van der Waals surface area (Å²) in [6.45, 7) is 2.03. The molecule has 1 atom stereocenters. The van der Waals surface area contributed by atoms with Crippen LogP contribution < -0.4 is 5.32 Å². The van der Waals surface area contributed by atoms with Crippen molar-refractivity contribution in [1.82, 2.24) is 10.3 Å². The van der Waals surface area contributed by atoms with Gasteiger partial charge in [-0.05, 0) is 80.8 Å². The minimum atomic E-state index is 0.00242. The van der Waals surface area contributed by atoms with Gasteiger partial charge < -0.3 is 5.32 Å². The molecule has 0 radical (unpaired) electrons. The number of hydrogen-bond acceptors (Lipinski definition) is 2. The van der Waals surface area contributed by atoms with Crippen LogP contribution in [0.15, 0.2) is 24.4 Å². The first kappa shape index (κ1) is 14.2. The Morgan fingerprint density at radius 2 is 1.86 bits per heavy atom. The molecule has 3 nitrogen and oxygen atoms in total. The molecule has 4 aliphatic carbocycles. The molecule has 118 valence electrons. The summed E-state index contributed by atoms with van der Waals surface area (Å²) >= 11 is 0. The highest BCUT2D eigenvalue weighted by Gasteiger charge is 2.51. The van der Waals surface area contributed by atoms with Crippen LogP contribution in [0.1, 0.15) is 63.6 Å². The van der Waals surface area contributed by atoms with Crippen LogP contribution in [-0.2, 0) is 4.79 Å². The van der Waals surface area contributed by atoms with Crippen molar-refractivity contribution >= 4 is 5.91 Å². The zero-order valence-corrected chi connectivity index (χ0v) is 13.4. The molecule has 0 unspecified atom stereocenters. The maximum absolute atomic E-state index is 12.6. The lowest BCUT2D eigenvalue weighted by atomic mass is 9.49. The average molecular weight is 298 g/mol. The zero-order chi connectivity index (χ0) is 15.2. The van der Waals surface area contributed by atoms with Crippen LogP contribution >= 0.6 is 0 Å². The van der Waals surface area contributed by atoms with Crippen LogP contribution in [0.2, 0.25) is 0 Å². The summed E-state index contributed by atoms with van der Waals surface area (Å²) in [6.07, 6.45) is 10.7. The third-order valence-corrected chi connectivity index (χ3v) is 6.21. The molecule has 0 saturated heterocycles. The van der Waals surface area contributed by atoms with Gasteiger partial charge >= 0.3 is 0 Å². The van der Waals surface area contributed by atoms with Gasteiger partial charge in [-0.25, -0.2) is 0 Å². The number of nitrogens with one attached hydrogen (secondary N) is 1. The summed E-state index contributed by atoms with van der Waals surface area (Å²) in [4.78, 5) is 16.9. The van der Waals surface area contributed by atoms with E-state index >= 15 is 0 Å². The molecule has 0 aliphatic heterocycles. The van der Waals surface area contributed by atoms with E-state index in [-0.39, 0.29) is 11.9 Å². The van der Waals surface area contributed by atoms with E-state index in [1.807, 2.05) is 25.1 Å². The number of aromatic nitrogens is 1. The van der Waals surface area contributed by atoms with E-state index in [1.165, 1.54) is 38.5 Å². The Hall–Kier alpha value is -1.38. The second kappa shape index (κ2) is 5.36. The number of nitrogens with zero attached hydrogens (tertiary/aromatic N) is 1. The normalized spacial score (nSPS) is 37.0. The first-order valence-electron chi connectivity index (χ1n) is 8.82. The molecule has 0 spiro atoms. The maximum Gasteiger partial charge on any atom is 0.221 e. The smallest absolute Gasteiger partial charge is 0.221 e. The fourth-order valence-corrected chi connectivity index (χ4v) is 5.85. The number of rotatable bonds is 4. The zero-order valence-electron chi connectivity index (χ0n) is 13.4. The fourth-order valence-electron chi connectivity index (χ4n) is 5.85. The molecular weight excluding hydrogens is 272 g/mol. The topological polar surface area (TPSA) is 42.0 Å². The summed E-state index contributed by atoms with van der Waals surface area (Å²) in [7, 11) is 0. The highest BCUT2D eigenvalue weighted by atomic mass is 16.1. The van der Waals surface area contributed by atoms with Crippen LogP contribution in [0.3, 0.4) is 0 Å². The predicted octanol–water partition coefficient (Wildman–Crippen LogP) is 3.87. The Bertz CT molecular complexity index is 519. The Kier molecular flexibility index (Phi) is 3.47. The summed E-state index contributed by atoms with van der Waals surface area (Å²) in [5.41, 5.74) is 1.27. The number of hydrogen-bond donors (Lipinski definition) is 1. The average Bonchev–Trinajstić information content (AvgIpc) is 2.45. The van der Waals surface area contributed by atoms with Gasteiger partial charge in [0, 0.05) is 12.6 Å². The highest BCUT2D eigenvalue weighted by Crippen LogP contribution is 2.61. The predicted molar refractivity (Wildman–Crippen MR) is 86.0 cm³/mol. The molecule has 22 heavy (non-hydrogen) atoms. The fraction of sp³-hybridized carbons (Fsp3) is 0.684. The van der Waals surface area contributed by atoms with Gasteiger partial charge in [-0.2, -0.15) is 0 Å². The van der Waals surface area contributed by atoms with Crippen molar-refractivity contribution in [3.63, 3.8) is 0 Å². The van der Waals surface area contributed by atoms with E-state index in [0.29, 0.717) is 5.41 Å². The van der Waals surface area contributed by atoms with Crippen LogP contribution in [0.25, 0.3) is 0 Å². The largest absolute Gasteiger partial charge is 0.348 e. The first-order valence-corrected chi connectivity index (χ1v) is 8.82. The summed E-state index contributed by atoms with van der Waals surface area (Å²) in [5, 5.41) is 3.17. The summed E-state index contributed by atoms with van der Waals surface area (Å²) in [5.74, 6) is 2.95. The van der Waals surface area contributed by atoms with Crippen molar-refractivity contribution in [1.29, 1.82) is 0 Å². The van der Waals surface area contributed by atoms with Crippen molar-refractivity contribution < 1.29 is 4.79 Å². The summed E-state index contributed by atoms with van der Waals surface area (Å²) < 4.78 is 0. The first-order chi connectivity index (χ1) is 10.6. The summed E-state index contributed by atoms with van der Waals surface area (Å²) in [6, 6.07) is 5.87. The molecule has 4 bridgehead atoms. The van der Waals surface area contributed by atoms with Crippen molar-refractivity contribution in [2.75, 3.05) is 0 Å². The van der Waals surface area contributed by atoms with Crippen LogP contribution in [0.5, 0.6) is 0 Å². The van der Waals surface area contributed by atoms with E-state index in [1.54, 1.807) is 6.20 Å². The molecular formula is C19H26N2O. The van der Waals surface area contributed by atoms with Gasteiger partial charge in [0.2, 0.25) is 5.91 Å². The minimum Gasteiger partial charge on any atom is -0.348 e. The molecule has 1 aromatic rings. The maximum atomic E-state index is 12.6. The second-order valence-electron chi connectivity index (χ2n) is 8.14. The second-order valence-corrected chi connectivity index (χ2v) is 8.14. The highest BCUT2D eigenvalue weighted by molar-refractivity contribution is 5.77. The van der Waals surface area contributed by atoms with Crippen molar-refractivity contribution in [3.8, 4) is 0 Å². The number of carbonyl (C=O) groups is 1. The molecule has 5 rings (SSSR count). The SMILES string of the molecule is C[C@@H](NC(=O)CC12CC3CC(CC(C3)C1)C2)c1ccccn1. The standard InChI is InChI=1S/C19H26N2O/c1-13(17-4-2-3-5-20-17)21-18(22)12-19-9-14-6-15(10-19)8-16(7-14)11-19/h2-5,13-16H,6-12H2,1H3,(H,21,22)/t13-,14?,15?,16?,19?/m1/s1. The van der Waals surface area contributed by atoms with Crippen molar-refractivity contribution in [2.45, 2.75) is 57.9 Å². The molecule has 0 aromatic carbocycles. The van der Waals surface area contributed by atoms with Gasteiger partial charge in [-0.3, -0.25) is 9.78 Å². The van der Waals surface area contributed by atoms with E-state index in [2.05, 4.69) is 10.3 Å². The van der Waals surface area contributed by atoms with E-state index in [9.17, 15) is 4.79 Å². The minimum absolute atomic E-state index is 0.00242. The lowest BCUT2D eigenvalue weighted by Crippen LogP contribution is -2.48. The molecule has 1 amide bonds. The van der Waals surface area contributed by atoms with Gasteiger partial charge in [0.15, 0.2) is 0 Å². The molecule has 4 aliphatic rings. The number of amides is 1. The van der Waals surface area contributed by atoms with Gasteiger partial charge in [0.25, 0.3) is 0 Å². The van der Waals surface area contributed by atoms with Gasteiger partial charge in [-0.1, -0.05) is 6.07 Å². The Balaban J connectivity index is 1.40. The third kappa shape index (κ3) is 2.66. The Morgan fingerprint density at radius 1 is 1.23 bits per heavy atom. The van der Waals surface area contributed by atoms with Crippen LogP contribution in [-0.4, -0.2) is 10.9 Å². The van der Waals surface area contributed by atoms with E-state index < -0.39 is 0 Å². The molecule has 1 N–H and O–H groups in total. The molecule has 3 heteroatoms. The van der Waals surface area contributed by atoms with Crippen LogP contribution in [0, 0.1) is 23.2 Å². The molecule has 4 fully saturated rings. The van der Waals surface area contributed by atoms with Gasteiger partial charge in [-0.15, -0.1) is 0 Å². The van der Waals surface area contributed by atoms with Crippen LogP contribution in [0.4, 0.5) is 0 Å². The van der Waals surface area contributed by atoms with E-state index in [0.717, 1.165) is 29.9 Å². The monoisotopic (exact) mass is 298 g/mol. The van der Waals surface area contributed by atoms with E-state index in [4.69, 9.17) is 0 Å². The molecule has 1 heterocycles. The Labute approximate surface area is 132 Å². The lowest BCUT2D eigenvalue weighted by molar-refractivity contribution is -0.130. The molecule has 1 aromatic heterocycles. The van der Waals surface area contributed by atoms with Crippen molar-refractivity contribution in [2.24, 2.45) is 23.2 Å². The van der Waals surface area contributed by atoms with Crippen molar-refractivity contribution in [3.05, 3.63) is 30.1 Å².